The summed E-state index contributed by atoms with van der Waals surface area (Å²) in [6.45, 7) is 2.57. The van der Waals surface area contributed by atoms with E-state index in [-0.39, 0.29) is 13.2 Å². The lowest BCUT2D eigenvalue weighted by Gasteiger charge is -2.39. The van der Waals surface area contributed by atoms with Crippen molar-refractivity contribution >= 4 is 12.0 Å². The molecule has 1 amide bonds. The number of rotatable bonds is 3. The van der Waals surface area contributed by atoms with Gasteiger partial charge in [-0.1, -0.05) is 0 Å². The third-order valence-electron chi connectivity index (χ3n) is 4.26. The molecule has 12 heteroatoms. The molecular formula is C15H18F3N3O6. The van der Waals surface area contributed by atoms with Crippen molar-refractivity contribution in [2.45, 2.75) is 50.2 Å². The predicted octanol–water partition coefficient (Wildman–Crippen LogP) is 1.26. The molecule has 0 aromatic carbocycles. The molecule has 0 saturated carbocycles. The highest BCUT2D eigenvalue weighted by atomic mass is 19.4. The van der Waals surface area contributed by atoms with Crippen LogP contribution in [0.25, 0.3) is 0 Å². The summed E-state index contributed by atoms with van der Waals surface area (Å²) in [7, 11) is 0. The van der Waals surface area contributed by atoms with Crippen LogP contribution in [0.15, 0.2) is 12.3 Å². The second-order valence-electron chi connectivity index (χ2n) is 6.58. The summed E-state index contributed by atoms with van der Waals surface area (Å²) >= 11 is 0. The van der Waals surface area contributed by atoms with E-state index in [4.69, 9.17) is 14.2 Å². The molecule has 0 aliphatic carbocycles. The van der Waals surface area contributed by atoms with Crippen molar-refractivity contribution in [3.63, 3.8) is 0 Å². The van der Waals surface area contributed by atoms with Gasteiger partial charge in [0.2, 0.25) is 5.95 Å². The first-order valence-electron chi connectivity index (χ1n) is 8.04. The van der Waals surface area contributed by atoms with Gasteiger partial charge in [-0.3, -0.25) is 0 Å². The number of aromatic nitrogens is 2. The highest BCUT2D eigenvalue weighted by Gasteiger charge is 2.54. The summed E-state index contributed by atoms with van der Waals surface area (Å²) < 4.78 is 55.7. The van der Waals surface area contributed by atoms with Crippen molar-refractivity contribution in [3.05, 3.63) is 18.0 Å². The van der Waals surface area contributed by atoms with E-state index in [9.17, 15) is 28.2 Å². The van der Waals surface area contributed by atoms with Crippen molar-refractivity contribution in [3.8, 4) is 0 Å². The Kier molecular flexibility index (Phi) is 5.01. The molecular weight excluding hydrogens is 375 g/mol. The topological polar surface area (TPSA) is 114 Å². The van der Waals surface area contributed by atoms with Crippen molar-refractivity contribution in [1.29, 1.82) is 0 Å². The van der Waals surface area contributed by atoms with E-state index in [0.29, 0.717) is 11.0 Å². The number of alkyl halides is 3. The van der Waals surface area contributed by atoms with Crippen LogP contribution in [0.4, 0.5) is 23.9 Å². The zero-order valence-corrected chi connectivity index (χ0v) is 14.4. The van der Waals surface area contributed by atoms with Crippen LogP contribution in [-0.2, 0) is 20.4 Å². The first kappa shape index (κ1) is 19.7. The van der Waals surface area contributed by atoms with E-state index in [1.165, 1.54) is 0 Å². The van der Waals surface area contributed by atoms with Crippen molar-refractivity contribution in [2.24, 2.45) is 0 Å². The number of anilines is 1. The molecule has 9 nitrogen and oxygen atoms in total. The van der Waals surface area contributed by atoms with Gasteiger partial charge >= 0.3 is 12.3 Å². The van der Waals surface area contributed by atoms with Crippen molar-refractivity contribution < 1.29 is 42.4 Å². The van der Waals surface area contributed by atoms with E-state index in [1.54, 1.807) is 13.8 Å². The average molecular weight is 393 g/mol. The lowest BCUT2D eigenvalue weighted by atomic mass is 9.97. The Morgan fingerprint density at radius 3 is 2.63 bits per heavy atom. The molecule has 4 atom stereocenters. The van der Waals surface area contributed by atoms with Crippen molar-refractivity contribution in [1.82, 2.24) is 9.97 Å². The first-order chi connectivity index (χ1) is 12.5. The number of hydrogen-bond donors (Lipinski definition) is 2. The van der Waals surface area contributed by atoms with Crippen LogP contribution in [0.2, 0.25) is 0 Å². The van der Waals surface area contributed by atoms with Gasteiger partial charge in [-0.15, -0.1) is 0 Å². The molecule has 0 spiro atoms. The number of fused-ring (bicyclic) bond motifs is 1. The highest BCUT2D eigenvalue weighted by molar-refractivity contribution is 5.84. The lowest BCUT2D eigenvalue weighted by molar-refractivity contribution is -0.157. The molecule has 150 valence electrons. The molecule has 2 fully saturated rings. The fraction of sp³-hybridized carbons (Fsp3) is 0.667. The maximum Gasteiger partial charge on any atom is 0.433 e. The van der Waals surface area contributed by atoms with Crippen LogP contribution in [0.3, 0.4) is 0 Å². The van der Waals surface area contributed by atoms with Gasteiger partial charge in [0.1, 0.15) is 24.0 Å². The van der Waals surface area contributed by atoms with Gasteiger partial charge < -0.3 is 24.4 Å². The Bertz CT molecular complexity index is 716. The minimum atomic E-state index is -4.76. The van der Waals surface area contributed by atoms with E-state index >= 15 is 0 Å². The monoisotopic (exact) mass is 393 g/mol. The Balaban J connectivity index is 1.97. The second-order valence-corrected chi connectivity index (χ2v) is 6.58. The molecule has 27 heavy (non-hydrogen) atoms. The molecule has 3 heterocycles. The molecule has 2 aliphatic heterocycles. The first-order valence-corrected chi connectivity index (χ1v) is 8.04. The summed E-state index contributed by atoms with van der Waals surface area (Å²) in [5.41, 5.74) is -1.27. The molecule has 2 saturated heterocycles. The molecule has 0 bridgehead atoms. The number of carboxylic acid groups (broad SMARTS) is 1. The van der Waals surface area contributed by atoms with E-state index < -0.39 is 54.1 Å². The van der Waals surface area contributed by atoms with E-state index in [2.05, 4.69) is 9.97 Å². The van der Waals surface area contributed by atoms with E-state index in [1.807, 2.05) is 0 Å². The smallest absolute Gasteiger partial charge is 0.433 e. The SMILES string of the molecule is CC1(C)O[C@@H]2[C@H](O1)[C@@H](N(C(=O)O)c1nccc(C(F)(F)F)n1)CO[C@@H]2CO. The number of carbonyl (C=O) groups is 1. The fourth-order valence-corrected chi connectivity index (χ4v) is 3.19. The summed E-state index contributed by atoms with van der Waals surface area (Å²) in [5.74, 6) is -1.74. The van der Waals surface area contributed by atoms with Gasteiger partial charge in [-0.2, -0.15) is 13.2 Å². The van der Waals surface area contributed by atoms with Gasteiger partial charge in [-0.25, -0.2) is 19.7 Å². The normalized spacial score (nSPS) is 30.0. The summed E-state index contributed by atoms with van der Waals surface area (Å²) in [6.07, 6.45) is -7.96. The Hall–Kier alpha value is -2.02. The maximum atomic E-state index is 12.9. The number of ether oxygens (including phenoxy) is 3. The minimum absolute atomic E-state index is 0.238. The highest BCUT2D eigenvalue weighted by Crippen LogP contribution is 2.38. The van der Waals surface area contributed by atoms with Crippen LogP contribution in [-0.4, -0.2) is 69.6 Å². The number of aliphatic hydroxyl groups is 1. The maximum absolute atomic E-state index is 12.9. The molecule has 0 radical (unpaired) electrons. The standard InChI is InChI=1S/C15H18F3N3O6/c1-14(2)26-10-7(6-25-8(5-22)11(10)27-14)21(13(23)24)12-19-4-3-9(20-12)15(16,17)18/h3-4,7-8,10-11,22H,5-6H2,1-2H3,(H,23,24)/t7-,8+,10+,11-/m0/s1. The molecule has 2 N–H and O–H groups in total. The Morgan fingerprint density at radius 2 is 2.04 bits per heavy atom. The number of halogens is 3. The zero-order chi connectivity index (χ0) is 20.0. The van der Waals surface area contributed by atoms with Crippen molar-refractivity contribution in [2.75, 3.05) is 18.1 Å². The fourth-order valence-electron chi connectivity index (χ4n) is 3.19. The third kappa shape index (κ3) is 3.83. The zero-order valence-electron chi connectivity index (χ0n) is 14.4. The van der Waals surface area contributed by atoms with Crippen LogP contribution >= 0.6 is 0 Å². The van der Waals surface area contributed by atoms with E-state index in [0.717, 1.165) is 6.20 Å². The molecule has 0 unspecified atom stereocenters. The number of nitrogens with zero attached hydrogens (tertiary/aromatic N) is 3. The lowest BCUT2D eigenvalue weighted by Crippen LogP contribution is -2.60. The quantitative estimate of drug-likeness (QED) is 0.789. The van der Waals surface area contributed by atoms with Crippen LogP contribution in [0.5, 0.6) is 0 Å². The summed E-state index contributed by atoms with van der Waals surface area (Å²) in [6, 6.07) is -0.426. The van der Waals surface area contributed by atoms with Crippen LogP contribution in [0.1, 0.15) is 19.5 Å². The van der Waals surface area contributed by atoms with Gasteiger partial charge in [0.25, 0.3) is 0 Å². The largest absolute Gasteiger partial charge is 0.465 e. The number of hydrogen-bond acceptors (Lipinski definition) is 7. The molecule has 2 aliphatic rings. The third-order valence-corrected chi connectivity index (χ3v) is 4.26. The second kappa shape index (κ2) is 6.86. The van der Waals surface area contributed by atoms with Gasteiger partial charge in [0.15, 0.2) is 5.79 Å². The van der Waals surface area contributed by atoms with Gasteiger partial charge in [0, 0.05) is 6.20 Å². The molecule has 1 aromatic heterocycles. The average Bonchev–Trinajstić information content (AvgIpc) is 2.90. The van der Waals surface area contributed by atoms with Crippen LogP contribution in [0, 0.1) is 0 Å². The molecule has 3 rings (SSSR count). The summed E-state index contributed by atoms with van der Waals surface area (Å²) in [4.78, 5) is 19.4. The minimum Gasteiger partial charge on any atom is -0.465 e. The van der Waals surface area contributed by atoms with Gasteiger partial charge in [0.05, 0.1) is 19.3 Å². The number of aliphatic hydroxyl groups excluding tert-OH is 1. The summed E-state index contributed by atoms with van der Waals surface area (Å²) in [5, 5.41) is 19.1. The Morgan fingerprint density at radius 1 is 1.37 bits per heavy atom. The number of amides is 1. The van der Waals surface area contributed by atoms with Crippen LogP contribution < -0.4 is 4.90 Å². The Labute approximate surface area is 151 Å². The predicted molar refractivity (Wildman–Crippen MR) is 82.0 cm³/mol. The molecule has 1 aromatic rings. The van der Waals surface area contributed by atoms with Gasteiger partial charge in [-0.05, 0) is 19.9 Å².